The van der Waals surface area contributed by atoms with Crippen LogP contribution in [0.2, 0.25) is 0 Å². The van der Waals surface area contributed by atoms with Gasteiger partial charge in [-0.25, -0.2) is 15.0 Å². The smallest absolute Gasteiger partial charge is 0.292 e. The van der Waals surface area contributed by atoms with Gasteiger partial charge in [-0.15, -0.1) is 22.7 Å². The summed E-state index contributed by atoms with van der Waals surface area (Å²) < 4.78 is 32.5. The normalized spacial score (nSPS) is 15.7. The summed E-state index contributed by atoms with van der Waals surface area (Å²) in [7, 11) is 0. The van der Waals surface area contributed by atoms with Gasteiger partial charge in [-0.3, -0.25) is 0 Å². The predicted octanol–water partition coefficient (Wildman–Crippen LogP) is 14.1. The topological polar surface area (TPSA) is 102 Å². The Balaban J connectivity index is 1.89. The van der Waals surface area contributed by atoms with Gasteiger partial charge in [0.15, 0.2) is 23.0 Å². The first kappa shape index (κ1) is 51.2. The van der Waals surface area contributed by atoms with Gasteiger partial charge in [-0.05, 0) is 101 Å². The zero-order valence-electron chi connectivity index (χ0n) is 38.9. The largest absolute Gasteiger partial charge is 0.505 e. The zero-order chi connectivity index (χ0) is 46.3. The van der Waals surface area contributed by atoms with Gasteiger partial charge >= 0.3 is 0 Å². The molecule has 1 unspecified atom stereocenters. The van der Waals surface area contributed by atoms with E-state index in [2.05, 4.69) is 105 Å². The lowest BCUT2D eigenvalue weighted by molar-refractivity contribution is 0.0617. The van der Waals surface area contributed by atoms with Gasteiger partial charge in [0.1, 0.15) is 11.4 Å². The molecule has 1 atom stereocenters. The van der Waals surface area contributed by atoms with E-state index in [9.17, 15) is 10.4 Å². The number of ether oxygens (including phenoxy) is 5. The van der Waals surface area contributed by atoms with E-state index in [4.69, 9.17) is 36.8 Å². The first-order valence-corrected chi connectivity index (χ1v) is 24.5. The van der Waals surface area contributed by atoms with Crippen LogP contribution in [0.4, 0.5) is 5.69 Å². The van der Waals surface area contributed by atoms with Gasteiger partial charge in [0.05, 0.1) is 65.1 Å². The van der Waals surface area contributed by atoms with Gasteiger partial charge in [0.2, 0.25) is 5.70 Å². The predicted molar refractivity (Wildman–Crippen MR) is 266 cm³/mol. The van der Waals surface area contributed by atoms with Crippen LogP contribution in [0.25, 0.3) is 40.1 Å². The third-order valence-electron chi connectivity index (χ3n) is 10.7. The van der Waals surface area contributed by atoms with Crippen molar-refractivity contribution in [3.05, 3.63) is 101 Å². The van der Waals surface area contributed by atoms with Crippen molar-refractivity contribution in [1.82, 2.24) is 0 Å². The van der Waals surface area contributed by atoms with Crippen LogP contribution in [0.15, 0.2) is 53.1 Å². The molecule has 12 heteroatoms. The number of rotatable bonds is 28. The molecule has 0 bridgehead atoms. The van der Waals surface area contributed by atoms with Crippen LogP contribution in [0.5, 0.6) is 23.0 Å². The van der Waals surface area contributed by atoms with Crippen LogP contribution in [-0.2, 0) is 4.74 Å². The van der Waals surface area contributed by atoms with E-state index in [1.54, 1.807) is 11.3 Å². The lowest BCUT2D eigenvalue weighted by Gasteiger charge is -2.27. The number of thiophene rings is 2. The second-order valence-corrected chi connectivity index (χ2v) is 17.7. The molecule has 1 aliphatic heterocycles. The van der Waals surface area contributed by atoms with E-state index in [0.29, 0.717) is 56.3 Å². The maximum atomic E-state index is 9.75. The van der Waals surface area contributed by atoms with Gasteiger partial charge < -0.3 is 33.7 Å². The summed E-state index contributed by atoms with van der Waals surface area (Å²) in [4.78, 5) is 13.0. The van der Waals surface area contributed by atoms with Crippen LogP contribution in [0.3, 0.4) is 0 Å². The monoisotopic (exact) mass is 906 g/mol. The number of aliphatic hydroxyl groups excluding tert-OH is 1. The molecule has 0 radical (unpaired) electrons. The van der Waals surface area contributed by atoms with Gasteiger partial charge in [0.25, 0.3) is 5.70 Å². The maximum absolute atomic E-state index is 9.75. The average molecular weight is 907 g/mol. The van der Waals surface area contributed by atoms with E-state index < -0.39 is 5.60 Å². The highest BCUT2D eigenvalue weighted by Crippen LogP contribution is 2.49. The number of aliphatic hydroxyl groups is 1. The quantitative estimate of drug-likeness (QED) is 0.0437. The Morgan fingerprint density at radius 3 is 1.52 bits per heavy atom. The van der Waals surface area contributed by atoms with Crippen molar-refractivity contribution in [2.45, 2.75) is 118 Å². The van der Waals surface area contributed by atoms with E-state index >= 15 is 0 Å². The number of unbranched alkanes of at least 4 members (excludes halogenated alkanes) is 4. The molecule has 0 saturated heterocycles. The summed E-state index contributed by atoms with van der Waals surface area (Å²) in [5.74, 6) is 2.72. The SMILES string of the molecule is [C-]#[N+]C(C#N)=C1OC(C)(CCCO)C(C=Cc2sc(C=Cc3sc(C=Cc4ccc(N(CC)CC)cc4)c(OCCCC)c3OCCCC)c(OCCCC)c2OCCCC)=C1[N+]#[C-]. The summed E-state index contributed by atoms with van der Waals surface area (Å²) in [6, 6.07) is 10.5. The minimum Gasteiger partial charge on any atom is -0.505 e. The molecule has 0 spiro atoms. The van der Waals surface area contributed by atoms with E-state index in [-0.39, 0.29) is 23.8 Å². The number of nitrogens with zero attached hydrogens (tertiary/aromatic N) is 4. The summed E-state index contributed by atoms with van der Waals surface area (Å²) in [6.07, 6.45) is 20.4. The second kappa shape index (κ2) is 27.0. The van der Waals surface area contributed by atoms with Crippen LogP contribution in [0, 0.1) is 24.5 Å². The molecule has 1 aromatic carbocycles. The number of nitriles is 1. The molecule has 2 aromatic heterocycles. The fraction of sp³-hybridized carbons (Fsp3) is 0.481. The summed E-state index contributed by atoms with van der Waals surface area (Å²) in [5.41, 5.74) is 1.62. The molecule has 3 aromatic rings. The van der Waals surface area contributed by atoms with Crippen molar-refractivity contribution in [3.63, 3.8) is 0 Å². The highest BCUT2D eigenvalue weighted by molar-refractivity contribution is 7.15. The lowest BCUT2D eigenvalue weighted by atomic mass is 9.90. The highest BCUT2D eigenvalue weighted by Gasteiger charge is 2.42. The third kappa shape index (κ3) is 13.5. The summed E-state index contributed by atoms with van der Waals surface area (Å²) in [5, 5.41) is 19.5. The van der Waals surface area contributed by atoms with Crippen LogP contribution >= 0.6 is 22.7 Å². The third-order valence-corrected chi connectivity index (χ3v) is 12.9. The molecule has 0 amide bonds. The molecule has 10 nitrogen and oxygen atoms in total. The lowest BCUT2D eigenvalue weighted by Crippen LogP contribution is -2.26. The fourth-order valence-electron chi connectivity index (χ4n) is 6.95. The molecule has 342 valence electrons. The van der Waals surface area contributed by atoms with Gasteiger partial charge in [-0.1, -0.05) is 77.7 Å². The summed E-state index contributed by atoms with van der Waals surface area (Å²) >= 11 is 3.14. The summed E-state index contributed by atoms with van der Waals surface area (Å²) in [6.45, 7) is 34.4. The Labute approximate surface area is 390 Å². The zero-order valence-corrected chi connectivity index (χ0v) is 40.5. The van der Waals surface area contributed by atoms with Crippen molar-refractivity contribution in [2.24, 2.45) is 0 Å². The number of benzene rings is 1. The Bertz CT molecular complexity index is 2230. The van der Waals surface area contributed by atoms with Crippen LogP contribution in [-0.4, -0.2) is 56.8 Å². The van der Waals surface area contributed by atoms with Crippen molar-refractivity contribution in [2.75, 3.05) is 51.0 Å². The Morgan fingerprint density at radius 2 is 1.14 bits per heavy atom. The Morgan fingerprint density at radius 1 is 0.703 bits per heavy atom. The number of hydrogen-bond donors (Lipinski definition) is 1. The molecule has 1 aliphatic rings. The minimum atomic E-state index is -1.05. The van der Waals surface area contributed by atoms with Gasteiger partial charge in [0, 0.05) is 31.0 Å². The van der Waals surface area contributed by atoms with Crippen LogP contribution < -0.4 is 23.8 Å². The molecule has 3 heterocycles. The molecule has 64 heavy (non-hydrogen) atoms. The Hall–Kier alpha value is -5.45. The number of anilines is 1. The van der Waals surface area contributed by atoms with Crippen molar-refractivity contribution >= 4 is 58.7 Å². The van der Waals surface area contributed by atoms with Crippen LogP contribution in [0.1, 0.15) is 138 Å². The Kier molecular flexibility index (Phi) is 21.6. The fourth-order valence-corrected chi connectivity index (χ4v) is 8.95. The molecule has 0 saturated carbocycles. The van der Waals surface area contributed by atoms with Crippen molar-refractivity contribution < 1.29 is 28.8 Å². The molecular weight excluding hydrogens is 841 g/mol. The highest BCUT2D eigenvalue weighted by atomic mass is 32.1. The van der Waals surface area contributed by atoms with Crippen molar-refractivity contribution in [3.8, 4) is 29.1 Å². The van der Waals surface area contributed by atoms with Gasteiger partial charge in [-0.2, -0.15) is 0 Å². The first-order chi connectivity index (χ1) is 31.2. The number of hydrogen-bond acceptors (Lipinski definition) is 10. The molecular formula is C52H66N4O6S2. The molecule has 1 N–H and O–H groups in total. The van der Waals surface area contributed by atoms with E-state index in [1.165, 1.54) is 17.0 Å². The standard InChI is InChI=1S/C52H66N4O6S2/c1-10-16-33-58-48-42(27-23-38-21-24-39(25-22-38)56(14-5)15-6)63-44(50(48)60-35-18-12-3)29-30-45-51(61-36-19-13-4)49(59-34-17-11-2)43(64-45)28-26-40-46(55-9)47(41(37-53)54-8)62-52(40,7)31-20-32-57/h21-30,57H,10-20,31-36H2,1-7H3. The first-order valence-electron chi connectivity index (χ1n) is 22.9. The molecule has 0 fully saturated rings. The maximum Gasteiger partial charge on any atom is 0.292 e. The van der Waals surface area contributed by atoms with E-state index in [1.807, 2.05) is 25.1 Å². The molecule has 4 rings (SSSR count). The minimum absolute atomic E-state index is 0.0289. The van der Waals surface area contributed by atoms with E-state index in [0.717, 1.165) is 101 Å². The average Bonchev–Trinajstić information content (AvgIpc) is 3.92. The van der Waals surface area contributed by atoms with Crippen molar-refractivity contribution in [1.29, 1.82) is 5.26 Å². The number of allylic oxidation sites excluding steroid dienone is 1. The molecule has 0 aliphatic carbocycles. The second-order valence-electron chi connectivity index (χ2n) is 15.5.